The van der Waals surface area contributed by atoms with E-state index in [1.54, 1.807) is 11.6 Å². The van der Waals surface area contributed by atoms with E-state index in [4.69, 9.17) is 9.94 Å². The first-order valence-corrected chi connectivity index (χ1v) is 10.8. The summed E-state index contributed by atoms with van der Waals surface area (Å²) >= 11 is 0. The van der Waals surface area contributed by atoms with E-state index in [1.807, 2.05) is 24.3 Å². The van der Waals surface area contributed by atoms with Gasteiger partial charge in [-0.15, -0.1) is 0 Å². The molecular formula is C23H32N2O4. The molecule has 0 heterocycles. The Hall–Kier alpha value is -2.18. The molecule has 0 bridgehead atoms. The molecule has 158 valence electrons. The summed E-state index contributed by atoms with van der Waals surface area (Å²) in [5, 5.41) is 12.0. The van der Waals surface area contributed by atoms with Gasteiger partial charge in [0.25, 0.3) is 5.91 Å². The van der Waals surface area contributed by atoms with E-state index >= 15 is 0 Å². The topological polar surface area (TPSA) is 87.7 Å². The molecule has 1 aromatic carbocycles. The van der Waals surface area contributed by atoms with Crippen LogP contribution >= 0.6 is 0 Å². The number of carbonyl (C=O) groups excluding carboxylic acids is 2. The van der Waals surface area contributed by atoms with Crippen LogP contribution in [0.15, 0.2) is 30.3 Å². The Kier molecular flexibility index (Phi) is 8.25. The third-order valence-corrected chi connectivity index (χ3v) is 6.00. The summed E-state index contributed by atoms with van der Waals surface area (Å²) in [5.41, 5.74) is 3.50. The maximum atomic E-state index is 12.9. The van der Waals surface area contributed by atoms with Crippen molar-refractivity contribution in [2.75, 3.05) is 0 Å². The molecule has 6 nitrogen and oxygen atoms in total. The van der Waals surface area contributed by atoms with Crippen molar-refractivity contribution >= 4 is 18.0 Å². The van der Waals surface area contributed by atoms with Crippen LogP contribution in [-0.4, -0.2) is 29.2 Å². The van der Waals surface area contributed by atoms with Gasteiger partial charge in [0.15, 0.2) is 0 Å². The predicted octanol–water partition coefficient (Wildman–Crippen LogP) is 3.73. The van der Waals surface area contributed by atoms with Crippen molar-refractivity contribution in [2.45, 2.75) is 76.5 Å². The van der Waals surface area contributed by atoms with Crippen LogP contribution < -0.4 is 10.8 Å². The van der Waals surface area contributed by atoms with Crippen molar-refractivity contribution in [3.05, 3.63) is 41.5 Å². The fraction of sp³-hybridized carbons (Fsp3) is 0.565. The summed E-state index contributed by atoms with van der Waals surface area (Å²) < 4.78 is 5.83. The van der Waals surface area contributed by atoms with Gasteiger partial charge in [0.1, 0.15) is 12.1 Å². The molecule has 2 saturated carbocycles. The van der Waals surface area contributed by atoms with Gasteiger partial charge >= 0.3 is 5.97 Å². The van der Waals surface area contributed by atoms with E-state index in [9.17, 15) is 9.59 Å². The maximum Gasteiger partial charge on any atom is 0.323 e. The summed E-state index contributed by atoms with van der Waals surface area (Å²) in [4.78, 5) is 24.0. The minimum Gasteiger partial charge on any atom is -0.461 e. The van der Waals surface area contributed by atoms with Gasteiger partial charge in [0, 0.05) is 12.6 Å². The number of amides is 1. The third kappa shape index (κ3) is 6.68. The Morgan fingerprint density at radius 3 is 2.34 bits per heavy atom. The van der Waals surface area contributed by atoms with Gasteiger partial charge in [0.2, 0.25) is 0 Å². The molecule has 3 rings (SSSR count). The van der Waals surface area contributed by atoms with Gasteiger partial charge in [0.05, 0.1) is 0 Å². The highest BCUT2D eigenvalue weighted by Gasteiger charge is 2.32. The molecular weight excluding hydrogens is 368 g/mol. The van der Waals surface area contributed by atoms with E-state index in [0.29, 0.717) is 12.5 Å². The van der Waals surface area contributed by atoms with Crippen LogP contribution in [0.2, 0.25) is 0 Å². The number of hydroxylamine groups is 1. The average Bonchev–Trinajstić information content (AvgIpc) is 3.26. The minimum atomic E-state index is -0.563. The molecule has 0 aromatic heterocycles. The summed E-state index contributed by atoms with van der Waals surface area (Å²) in [7, 11) is 0. The lowest BCUT2D eigenvalue weighted by Gasteiger charge is -2.30. The summed E-state index contributed by atoms with van der Waals surface area (Å²) in [6.45, 7) is 0.599. The molecule has 2 aliphatic carbocycles. The number of carbonyl (C=O) groups is 2. The summed E-state index contributed by atoms with van der Waals surface area (Å²) in [5.74, 6) is -0.304. The van der Waals surface area contributed by atoms with Crippen LogP contribution in [0.3, 0.4) is 0 Å². The number of nitrogens with one attached hydrogen (secondary N) is 2. The third-order valence-electron chi connectivity index (χ3n) is 6.00. The fourth-order valence-corrected chi connectivity index (χ4v) is 4.34. The molecule has 0 unspecified atom stereocenters. The van der Waals surface area contributed by atoms with Crippen LogP contribution in [0.1, 0.15) is 68.9 Å². The number of benzene rings is 1. The smallest absolute Gasteiger partial charge is 0.323 e. The largest absolute Gasteiger partial charge is 0.461 e. The highest BCUT2D eigenvalue weighted by atomic mass is 16.5. The van der Waals surface area contributed by atoms with Crippen molar-refractivity contribution in [3.63, 3.8) is 0 Å². The molecule has 0 spiro atoms. The molecule has 2 fully saturated rings. The molecule has 1 amide bonds. The molecule has 1 aromatic rings. The normalized spacial score (nSPS) is 19.3. The van der Waals surface area contributed by atoms with Gasteiger partial charge in [-0.25, -0.2) is 5.48 Å². The van der Waals surface area contributed by atoms with E-state index < -0.39 is 5.91 Å². The number of hydrogen-bond acceptors (Lipinski definition) is 5. The lowest BCUT2D eigenvalue weighted by atomic mass is 9.83. The Morgan fingerprint density at radius 1 is 1.03 bits per heavy atom. The van der Waals surface area contributed by atoms with Crippen molar-refractivity contribution in [2.24, 2.45) is 5.92 Å². The van der Waals surface area contributed by atoms with Crippen LogP contribution in [0.5, 0.6) is 0 Å². The Morgan fingerprint density at radius 2 is 1.69 bits per heavy atom. The van der Waals surface area contributed by atoms with E-state index in [-0.39, 0.29) is 18.1 Å². The molecule has 0 saturated heterocycles. The van der Waals surface area contributed by atoms with Crippen LogP contribution in [0.4, 0.5) is 0 Å². The van der Waals surface area contributed by atoms with Crippen molar-refractivity contribution in [1.82, 2.24) is 10.8 Å². The molecule has 2 aliphatic rings. The van der Waals surface area contributed by atoms with Gasteiger partial charge in [-0.3, -0.25) is 14.8 Å². The highest BCUT2D eigenvalue weighted by Crippen LogP contribution is 2.29. The Bertz CT molecular complexity index is 689. The van der Waals surface area contributed by atoms with Crippen molar-refractivity contribution < 1.29 is 19.5 Å². The van der Waals surface area contributed by atoms with E-state index in [1.165, 1.54) is 25.3 Å². The number of esters is 1. The van der Waals surface area contributed by atoms with Gasteiger partial charge in [-0.1, -0.05) is 43.5 Å². The van der Waals surface area contributed by atoms with Crippen LogP contribution in [0.25, 0.3) is 6.08 Å². The van der Waals surface area contributed by atoms with Gasteiger partial charge < -0.3 is 10.1 Å². The molecule has 1 atom stereocenters. The van der Waals surface area contributed by atoms with Gasteiger partial charge in [-0.2, -0.15) is 0 Å². The SMILES string of the molecule is O=C(C=Cc1ccc(CN[C@@H](C(=O)OC2CCCC2)C2CCCCC2)cc1)NO. The van der Waals surface area contributed by atoms with Crippen LogP contribution in [-0.2, 0) is 20.9 Å². The number of ether oxygens (including phenoxy) is 1. The molecule has 6 heteroatoms. The fourth-order valence-electron chi connectivity index (χ4n) is 4.34. The zero-order chi connectivity index (χ0) is 20.5. The minimum absolute atomic E-state index is 0.0848. The first-order valence-electron chi connectivity index (χ1n) is 10.8. The van der Waals surface area contributed by atoms with E-state index in [2.05, 4.69) is 5.32 Å². The average molecular weight is 401 g/mol. The molecule has 3 N–H and O–H groups in total. The monoisotopic (exact) mass is 400 g/mol. The first-order chi connectivity index (χ1) is 14.2. The second-order valence-corrected chi connectivity index (χ2v) is 8.15. The van der Waals surface area contributed by atoms with Crippen molar-refractivity contribution in [1.29, 1.82) is 0 Å². The first kappa shape index (κ1) is 21.5. The van der Waals surface area contributed by atoms with Gasteiger partial charge in [-0.05, 0) is 61.6 Å². The summed E-state index contributed by atoms with van der Waals surface area (Å²) in [6, 6.07) is 7.52. The number of rotatable bonds is 8. The molecule has 0 aliphatic heterocycles. The van der Waals surface area contributed by atoms with Crippen LogP contribution in [0, 0.1) is 5.92 Å². The zero-order valence-electron chi connectivity index (χ0n) is 16.9. The number of hydrogen-bond donors (Lipinski definition) is 3. The molecule has 29 heavy (non-hydrogen) atoms. The lowest BCUT2D eigenvalue weighted by molar-refractivity contribution is -0.153. The second-order valence-electron chi connectivity index (χ2n) is 8.15. The predicted molar refractivity (Wildman–Crippen MR) is 111 cm³/mol. The lowest BCUT2D eigenvalue weighted by Crippen LogP contribution is -2.45. The second kappa shape index (κ2) is 11.1. The highest BCUT2D eigenvalue weighted by molar-refractivity contribution is 5.90. The molecule has 0 radical (unpaired) electrons. The Labute approximate surface area is 172 Å². The Balaban J connectivity index is 1.58. The quantitative estimate of drug-likeness (QED) is 0.268. The zero-order valence-corrected chi connectivity index (χ0v) is 16.9. The standard InChI is InChI=1S/C23H32N2O4/c26-21(25-28)15-14-17-10-12-18(13-11-17)16-24-22(19-6-2-1-3-7-19)23(27)29-20-8-4-5-9-20/h10-15,19-20,22,24,28H,1-9,16H2,(H,25,26)/t22-/m1/s1. The van der Waals surface area contributed by atoms with Crippen molar-refractivity contribution in [3.8, 4) is 0 Å². The van der Waals surface area contributed by atoms with E-state index in [0.717, 1.165) is 49.7 Å². The maximum absolute atomic E-state index is 12.9. The summed E-state index contributed by atoms with van der Waals surface area (Å²) in [6.07, 6.45) is 13.1.